The summed E-state index contributed by atoms with van der Waals surface area (Å²) in [6, 6.07) is 7.40. The van der Waals surface area contributed by atoms with E-state index in [2.05, 4.69) is 31.2 Å². The summed E-state index contributed by atoms with van der Waals surface area (Å²) in [6.45, 7) is 0. The van der Waals surface area contributed by atoms with Crippen molar-refractivity contribution in [2.24, 2.45) is 0 Å². The van der Waals surface area contributed by atoms with Gasteiger partial charge in [0.2, 0.25) is 11.9 Å². The number of likely N-dealkylation sites (N-methyl/N-ethyl adjacent to an activating group) is 1. The van der Waals surface area contributed by atoms with Crippen LogP contribution in [0.2, 0.25) is 5.02 Å². The molecule has 0 saturated carbocycles. The van der Waals surface area contributed by atoms with E-state index in [4.69, 9.17) is 11.6 Å². The molecular weight excluding hydrogens is 368 g/mol. The summed E-state index contributed by atoms with van der Waals surface area (Å²) < 4.78 is 0.812. The number of nitrogens with zero attached hydrogens (tertiary/aromatic N) is 3. The molecule has 5 nitrogen and oxygen atoms in total. The molecule has 1 fully saturated rings. The molecule has 1 aromatic carbocycles. The third-order valence-corrected chi connectivity index (χ3v) is 4.39. The van der Waals surface area contributed by atoms with Gasteiger partial charge in [0.1, 0.15) is 0 Å². The Kier molecular flexibility index (Phi) is 4.31. The Morgan fingerprint density at radius 1 is 1.27 bits per heavy atom. The second kappa shape index (κ2) is 6.22. The van der Waals surface area contributed by atoms with Crippen molar-refractivity contribution in [1.29, 1.82) is 0 Å². The van der Waals surface area contributed by atoms with Crippen LogP contribution in [0, 0.1) is 0 Å². The maximum atomic E-state index is 12.1. The molecule has 0 unspecified atom stereocenters. The van der Waals surface area contributed by atoms with E-state index in [1.165, 1.54) is 0 Å². The van der Waals surface area contributed by atoms with E-state index >= 15 is 0 Å². The van der Waals surface area contributed by atoms with Crippen LogP contribution in [-0.2, 0) is 4.79 Å². The van der Waals surface area contributed by atoms with E-state index in [0.29, 0.717) is 17.4 Å². The van der Waals surface area contributed by atoms with Crippen molar-refractivity contribution >= 4 is 39.4 Å². The van der Waals surface area contributed by atoms with Crippen LogP contribution in [0.25, 0.3) is 0 Å². The fourth-order valence-electron chi connectivity index (χ4n) is 2.67. The number of nitrogens with one attached hydrogen (secondary N) is 1. The van der Waals surface area contributed by atoms with Gasteiger partial charge in [-0.05, 0) is 33.6 Å². The van der Waals surface area contributed by atoms with Crippen LogP contribution >= 0.6 is 27.5 Å². The Morgan fingerprint density at radius 3 is 2.55 bits per heavy atom. The van der Waals surface area contributed by atoms with E-state index in [0.717, 1.165) is 10.0 Å². The highest BCUT2D eigenvalue weighted by atomic mass is 79.9. The molecule has 1 aliphatic heterocycles. The summed E-state index contributed by atoms with van der Waals surface area (Å²) >= 11 is 9.25. The zero-order chi connectivity index (χ0) is 15.7. The molecule has 0 bridgehead atoms. The maximum Gasteiger partial charge on any atom is 0.225 e. The fourth-order valence-corrected chi connectivity index (χ4v) is 3.00. The maximum absolute atomic E-state index is 12.1. The van der Waals surface area contributed by atoms with Gasteiger partial charge in [0.15, 0.2) is 0 Å². The molecule has 1 N–H and O–H groups in total. The Bertz CT molecular complexity index is 677. The average molecular weight is 382 g/mol. The number of carbonyl (C=O) groups is 1. The molecule has 1 saturated heterocycles. The normalized spacial score (nSPS) is 21.2. The zero-order valence-corrected chi connectivity index (χ0v) is 14.2. The van der Waals surface area contributed by atoms with Crippen LogP contribution in [0.1, 0.15) is 18.0 Å². The first-order valence-corrected chi connectivity index (χ1v) is 7.97. The quantitative estimate of drug-likeness (QED) is 0.886. The number of hydrogen-bond donors (Lipinski definition) is 1. The predicted octanol–water partition coefficient (Wildman–Crippen LogP) is 3.28. The van der Waals surface area contributed by atoms with Gasteiger partial charge in [-0.25, -0.2) is 9.97 Å². The SMILES string of the molecule is CN1C(=O)C[C@H](Nc2ncc(Br)cn2)[C@H]1c1ccc(Cl)cc1. The number of amides is 1. The van der Waals surface area contributed by atoms with Crippen LogP contribution in [0.15, 0.2) is 41.1 Å². The van der Waals surface area contributed by atoms with Gasteiger partial charge < -0.3 is 10.2 Å². The molecule has 114 valence electrons. The third-order valence-electron chi connectivity index (χ3n) is 3.73. The first-order chi connectivity index (χ1) is 10.5. The first kappa shape index (κ1) is 15.2. The van der Waals surface area contributed by atoms with E-state index in [1.54, 1.807) is 17.3 Å². The van der Waals surface area contributed by atoms with Crippen molar-refractivity contribution in [3.05, 3.63) is 51.7 Å². The summed E-state index contributed by atoms with van der Waals surface area (Å²) in [5.41, 5.74) is 1.03. The number of hydrogen-bond acceptors (Lipinski definition) is 4. The number of halogens is 2. The topological polar surface area (TPSA) is 58.1 Å². The molecule has 1 aliphatic rings. The summed E-state index contributed by atoms with van der Waals surface area (Å²) in [4.78, 5) is 22.3. The van der Waals surface area contributed by atoms with Crippen molar-refractivity contribution in [2.75, 3.05) is 12.4 Å². The summed E-state index contributed by atoms with van der Waals surface area (Å²) in [5, 5.41) is 3.93. The number of benzene rings is 1. The molecule has 7 heteroatoms. The summed E-state index contributed by atoms with van der Waals surface area (Å²) in [5.74, 6) is 0.602. The molecule has 0 spiro atoms. The van der Waals surface area contributed by atoms with Gasteiger partial charge in [-0.1, -0.05) is 23.7 Å². The van der Waals surface area contributed by atoms with Crippen LogP contribution in [0.3, 0.4) is 0 Å². The highest BCUT2D eigenvalue weighted by Crippen LogP contribution is 2.33. The van der Waals surface area contributed by atoms with Crippen molar-refractivity contribution in [3.63, 3.8) is 0 Å². The minimum Gasteiger partial charge on any atom is -0.349 e. The van der Waals surface area contributed by atoms with Gasteiger partial charge in [-0.3, -0.25) is 4.79 Å². The third kappa shape index (κ3) is 3.08. The fraction of sp³-hybridized carbons (Fsp3) is 0.267. The van der Waals surface area contributed by atoms with Gasteiger partial charge >= 0.3 is 0 Å². The van der Waals surface area contributed by atoms with Crippen LogP contribution < -0.4 is 5.32 Å². The van der Waals surface area contributed by atoms with Crippen LogP contribution in [0.4, 0.5) is 5.95 Å². The molecule has 2 aromatic rings. The van der Waals surface area contributed by atoms with Gasteiger partial charge in [-0.2, -0.15) is 0 Å². The number of anilines is 1. The molecule has 2 heterocycles. The summed E-state index contributed by atoms with van der Waals surface area (Å²) in [6.07, 6.45) is 3.75. The molecule has 3 rings (SSSR count). The van der Waals surface area contributed by atoms with Crippen molar-refractivity contribution < 1.29 is 4.79 Å². The first-order valence-electron chi connectivity index (χ1n) is 6.80. The second-order valence-corrected chi connectivity index (χ2v) is 6.53. The molecule has 0 aliphatic carbocycles. The summed E-state index contributed by atoms with van der Waals surface area (Å²) in [7, 11) is 1.81. The van der Waals surface area contributed by atoms with E-state index in [-0.39, 0.29) is 18.0 Å². The Morgan fingerprint density at radius 2 is 1.91 bits per heavy atom. The molecule has 22 heavy (non-hydrogen) atoms. The highest BCUT2D eigenvalue weighted by Gasteiger charge is 2.38. The molecular formula is C15H14BrClN4O. The number of carbonyl (C=O) groups excluding carboxylic acids is 1. The zero-order valence-electron chi connectivity index (χ0n) is 11.8. The number of likely N-dealkylation sites (tertiary alicyclic amines) is 1. The lowest BCUT2D eigenvalue weighted by Crippen LogP contribution is -2.30. The molecule has 0 radical (unpaired) electrons. The van der Waals surface area contributed by atoms with E-state index in [9.17, 15) is 4.79 Å². The van der Waals surface area contributed by atoms with Crippen molar-refractivity contribution in [3.8, 4) is 0 Å². The minimum atomic E-state index is -0.0835. The van der Waals surface area contributed by atoms with E-state index < -0.39 is 0 Å². The predicted molar refractivity (Wildman–Crippen MR) is 88.7 cm³/mol. The number of aromatic nitrogens is 2. The number of rotatable bonds is 3. The second-order valence-electron chi connectivity index (χ2n) is 5.18. The molecule has 2 atom stereocenters. The monoisotopic (exact) mass is 380 g/mol. The molecule has 1 amide bonds. The largest absolute Gasteiger partial charge is 0.349 e. The average Bonchev–Trinajstić information content (AvgIpc) is 2.77. The van der Waals surface area contributed by atoms with Gasteiger partial charge in [-0.15, -0.1) is 0 Å². The lowest BCUT2D eigenvalue weighted by atomic mass is 10.0. The van der Waals surface area contributed by atoms with Crippen LogP contribution in [-0.4, -0.2) is 33.9 Å². The Hall–Kier alpha value is -1.66. The van der Waals surface area contributed by atoms with Crippen LogP contribution in [0.5, 0.6) is 0 Å². The Labute approximate surface area is 141 Å². The smallest absolute Gasteiger partial charge is 0.225 e. The van der Waals surface area contributed by atoms with E-state index in [1.807, 2.05) is 31.3 Å². The Balaban J connectivity index is 1.86. The van der Waals surface area contributed by atoms with Gasteiger partial charge in [0.05, 0.1) is 16.6 Å². The minimum absolute atomic E-state index is 0.0722. The lowest BCUT2D eigenvalue weighted by Gasteiger charge is -2.26. The van der Waals surface area contributed by atoms with Crippen molar-refractivity contribution in [2.45, 2.75) is 18.5 Å². The van der Waals surface area contributed by atoms with Crippen molar-refractivity contribution in [1.82, 2.24) is 14.9 Å². The lowest BCUT2D eigenvalue weighted by molar-refractivity contribution is -0.127. The van der Waals surface area contributed by atoms with Gasteiger partial charge in [0, 0.05) is 30.9 Å². The van der Waals surface area contributed by atoms with Gasteiger partial charge in [0.25, 0.3) is 0 Å². The standard InChI is InChI=1S/C15H14BrClN4O/c1-21-13(22)6-12(20-15-18-7-10(16)8-19-15)14(21)9-2-4-11(17)5-3-9/h2-5,7-8,12,14H,6H2,1H3,(H,18,19,20)/t12-,14+/m0/s1. The highest BCUT2D eigenvalue weighted by molar-refractivity contribution is 9.10. The molecule has 1 aromatic heterocycles.